The van der Waals surface area contributed by atoms with Gasteiger partial charge in [0.05, 0.1) is 0 Å². The molecule has 0 spiro atoms. The van der Waals surface area contributed by atoms with Crippen LogP contribution >= 0.6 is 0 Å². The summed E-state index contributed by atoms with van der Waals surface area (Å²) in [7, 11) is 0. The van der Waals surface area contributed by atoms with Crippen LogP contribution in [0.3, 0.4) is 0 Å². The molecule has 1 heterocycles. The van der Waals surface area contributed by atoms with Gasteiger partial charge in [0.15, 0.2) is 0 Å². The van der Waals surface area contributed by atoms with Crippen molar-refractivity contribution in [2.75, 3.05) is 18.0 Å². The van der Waals surface area contributed by atoms with E-state index >= 15 is 0 Å². The lowest BCUT2D eigenvalue weighted by Crippen LogP contribution is -2.34. The SMILES string of the molecule is CCc1ccccc1N1CCC(CCC(=O)O)CC1. The van der Waals surface area contributed by atoms with Crippen molar-refractivity contribution >= 4 is 11.7 Å². The maximum Gasteiger partial charge on any atom is 0.303 e. The molecule has 1 aromatic rings. The van der Waals surface area contributed by atoms with E-state index in [1.54, 1.807) is 0 Å². The average molecular weight is 261 g/mol. The smallest absolute Gasteiger partial charge is 0.303 e. The number of anilines is 1. The van der Waals surface area contributed by atoms with Crippen molar-refractivity contribution in [2.45, 2.75) is 39.0 Å². The monoisotopic (exact) mass is 261 g/mol. The normalized spacial score (nSPS) is 16.6. The topological polar surface area (TPSA) is 40.5 Å². The number of carboxylic acids is 1. The number of carboxylic acid groups (broad SMARTS) is 1. The molecule has 104 valence electrons. The molecule has 3 nitrogen and oxygen atoms in total. The largest absolute Gasteiger partial charge is 0.481 e. The van der Waals surface area contributed by atoms with Crippen LogP contribution in [-0.2, 0) is 11.2 Å². The summed E-state index contributed by atoms with van der Waals surface area (Å²) < 4.78 is 0. The van der Waals surface area contributed by atoms with Gasteiger partial charge in [0.2, 0.25) is 0 Å². The Morgan fingerprint density at radius 2 is 2.00 bits per heavy atom. The maximum absolute atomic E-state index is 10.6. The number of piperidine rings is 1. The molecule has 1 fully saturated rings. The number of rotatable bonds is 5. The molecule has 0 atom stereocenters. The Morgan fingerprint density at radius 3 is 2.63 bits per heavy atom. The molecule has 0 aliphatic carbocycles. The summed E-state index contributed by atoms with van der Waals surface area (Å²) in [6, 6.07) is 8.61. The number of aryl methyl sites for hydroxylation is 1. The predicted molar refractivity (Wildman–Crippen MR) is 77.6 cm³/mol. The zero-order valence-corrected chi connectivity index (χ0v) is 11.6. The highest BCUT2D eigenvalue weighted by atomic mass is 16.4. The Bertz CT molecular complexity index is 423. The molecule has 0 unspecified atom stereocenters. The first-order valence-electron chi connectivity index (χ1n) is 7.25. The molecule has 0 aromatic heterocycles. The molecule has 1 aliphatic heterocycles. The highest BCUT2D eigenvalue weighted by molar-refractivity contribution is 5.66. The zero-order chi connectivity index (χ0) is 13.7. The molecule has 0 bridgehead atoms. The first-order valence-corrected chi connectivity index (χ1v) is 7.25. The Morgan fingerprint density at radius 1 is 1.32 bits per heavy atom. The van der Waals surface area contributed by atoms with Crippen molar-refractivity contribution in [3.8, 4) is 0 Å². The molecule has 1 aromatic carbocycles. The molecule has 0 amide bonds. The zero-order valence-electron chi connectivity index (χ0n) is 11.6. The first-order chi connectivity index (χ1) is 9.20. The van der Waals surface area contributed by atoms with E-state index in [2.05, 4.69) is 36.1 Å². The van der Waals surface area contributed by atoms with Crippen LogP contribution in [0.1, 0.15) is 38.2 Å². The van der Waals surface area contributed by atoms with E-state index in [0.717, 1.165) is 38.8 Å². The number of aliphatic carboxylic acids is 1. The molecule has 2 rings (SSSR count). The third-order valence-electron chi connectivity index (χ3n) is 4.09. The summed E-state index contributed by atoms with van der Waals surface area (Å²) in [4.78, 5) is 13.1. The van der Waals surface area contributed by atoms with Crippen LogP contribution in [0, 0.1) is 5.92 Å². The van der Waals surface area contributed by atoms with E-state index < -0.39 is 5.97 Å². The van der Waals surface area contributed by atoms with E-state index in [1.807, 2.05) is 0 Å². The van der Waals surface area contributed by atoms with Gasteiger partial charge in [0.1, 0.15) is 0 Å². The first kappa shape index (κ1) is 13.9. The standard InChI is InChI=1S/C16H23NO2/c1-2-14-5-3-4-6-15(14)17-11-9-13(10-12-17)7-8-16(18)19/h3-6,13H,2,7-12H2,1H3,(H,18,19). The lowest BCUT2D eigenvalue weighted by Gasteiger charge is -2.34. The van der Waals surface area contributed by atoms with Crippen LogP contribution in [0.2, 0.25) is 0 Å². The fourth-order valence-electron chi connectivity index (χ4n) is 2.91. The molecule has 1 N–H and O–H groups in total. The van der Waals surface area contributed by atoms with E-state index in [-0.39, 0.29) is 0 Å². The van der Waals surface area contributed by atoms with Gasteiger partial charge < -0.3 is 10.0 Å². The quantitative estimate of drug-likeness (QED) is 0.883. The van der Waals surface area contributed by atoms with Gasteiger partial charge in [0, 0.05) is 25.2 Å². The van der Waals surface area contributed by atoms with Crippen molar-refractivity contribution in [3.05, 3.63) is 29.8 Å². The predicted octanol–water partition coefficient (Wildman–Crippen LogP) is 3.33. The van der Waals surface area contributed by atoms with Crippen molar-refractivity contribution in [2.24, 2.45) is 5.92 Å². The fourth-order valence-corrected chi connectivity index (χ4v) is 2.91. The molecule has 3 heteroatoms. The van der Waals surface area contributed by atoms with Crippen molar-refractivity contribution in [1.82, 2.24) is 0 Å². The van der Waals surface area contributed by atoms with Crippen molar-refractivity contribution < 1.29 is 9.90 Å². The minimum absolute atomic E-state index is 0.316. The van der Waals surface area contributed by atoms with Gasteiger partial charge in [-0.3, -0.25) is 4.79 Å². The van der Waals surface area contributed by atoms with Gasteiger partial charge >= 0.3 is 5.97 Å². The summed E-state index contributed by atoms with van der Waals surface area (Å²) in [6.45, 7) is 4.31. The Labute approximate surface area is 115 Å². The van der Waals surface area contributed by atoms with Gasteiger partial charge in [-0.2, -0.15) is 0 Å². The second kappa shape index (κ2) is 6.60. The van der Waals surface area contributed by atoms with Crippen LogP contribution in [0.25, 0.3) is 0 Å². The van der Waals surface area contributed by atoms with E-state index in [0.29, 0.717) is 12.3 Å². The molecule has 1 aliphatic rings. The molecule has 1 saturated heterocycles. The van der Waals surface area contributed by atoms with Crippen LogP contribution < -0.4 is 4.90 Å². The van der Waals surface area contributed by atoms with Crippen LogP contribution in [0.4, 0.5) is 5.69 Å². The van der Waals surface area contributed by atoms with Crippen LogP contribution in [0.5, 0.6) is 0 Å². The van der Waals surface area contributed by atoms with Gasteiger partial charge in [-0.1, -0.05) is 25.1 Å². The number of hydrogen-bond donors (Lipinski definition) is 1. The second-order valence-electron chi connectivity index (χ2n) is 5.35. The number of nitrogens with zero attached hydrogens (tertiary/aromatic N) is 1. The van der Waals surface area contributed by atoms with Crippen molar-refractivity contribution in [3.63, 3.8) is 0 Å². The molecule has 0 radical (unpaired) electrons. The van der Waals surface area contributed by atoms with Crippen molar-refractivity contribution in [1.29, 1.82) is 0 Å². The summed E-state index contributed by atoms with van der Waals surface area (Å²) in [5, 5.41) is 8.73. The molecule has 0 saturated carbocycles. The van der Waals surface area contributed by atoms with Gasteiger partial charge in [0.25, 0.3) is 0 Å². The molecular weight excluding hydrogens is 238 g/mol. The number of para-hydroxylation sites is 1. The Balaban J connectivity index is 1.90. The lowest BCUT2D eigenvalue weighted by atomic mass is 9.91. The summed E-state index contributed by atoms with van der Waals surface area (Å²) in [5.74, 6) is -0.0834. The Hall–Kier alpha value is -1.51. The molecular formula is C16H23NO2. The number of carbonyl (C=O) groups is 1. The minimum Gasteiger partial charge on any atom is -0.481 e. The van der Waals surface area contributed by atoms with Crippen LogP contribution in [0.15, 0.2) is 24.3 Å². The third kappa shape index (κ3) is 3.72. The summed E-state index contributed by atoms with van der Waals surface area (Å²) in [5.41, 5.74) is 2.77. The second-order valence-corrected chi connectivity index (χ2v) is 5.35. The average Bonchev–Trinajstić information content (AvgIpc) is 2.45. The van der Waals surface area contributed by atoms with Gasteiger partial charge in [-0.25, -0.2) is 0 Å². The number of benzene rings is 1. The number of hydrogen-bond acceptors (Lipinski definition) is 2. The fraction of sp³-hybridized carbons (Fsp3) is 0.562. The third-order valence-corrected chi connectivity index (χ3v) is 4.09. The van der Waals surface area contributed by atoms with Gasteiger partial charge in [-0.05, 0) is 43.2 Å². The van der Waals surface area contributed by atoms with E-state index in [9.17, 15) is 4.79 Å². The highest BCUT2D eigenvalue weighted by Gasteiger charge is 2.20. The van der Waals surface area contributed by atoms with Crippen LogP contribution in [-0.4, -0.2) is 24.2 Å². The summed E-state index contributed by atoms with van der Waals surface area (Å²) >= 11 is 0. The summed E-state index contributed by atoms with van der Waals surface area (Å²) in [6.07, 6.45) is 4.45. The molecule has 19 heavy (non-hydrogen) atoms. The Kier molecular flexibility index (Phi) is 4.83. The minimum atomic E-state index is -0.668. The highest BCUT2D eigenvalue weighted by Crippen LogP contribution is 2.28. The van der Waals surface area contributed by atoms with E-state index in [4.69, 9.17) is 5.11 Å². The van der Waals surface area contributed by atoms with Gasteiger partial charge in [-0.15, -0.1) is 0 Å². The van der Waals surface area contributed by atoms with E-state index in [1.165, 1.54) is 11.3 Å². The lowest BCUT2D eigenvalue weighted by molar-refractivity contribution is -0.137. The maximum atomic E-state index is 10.6.